The van der Waals surface area contributed by atoms with Gasteiger partial charge in [0.25, 0.3) is 0 Å². The molecule has 0 saturated carbocycles. The van der Waals surface area contributed by atoms with Crippen LogP contribution in [-0.4, -0.2) is 32.3 Å². The van der Waals surface area contributed by atoms with E-state index >= 15 is 0 Å². The number of aliphatic hydroxyl groups is 3. The lowest BCUT2D eigenvalue weighted by atomic mass is 9.93. The fourth-order valence-electron chi connectivity index (χ4n) is 2.68. The third-order valence-corrected chi connectivity index (χ3v) is 3.98. The Hall–Kier alpha value is -2.01. The number of ketones is 1. The van der Waals surface area contributed by atoms with Crippen LogP contribution in [-0.2, 0) is 6.42 Å². The van der Waals surface area contributed by atoms with Gasteiger partial charge in [-0.15, -0.1) is 0 Å². The molecule has 3 N–H and O–H groups in total. The Morgan fingerprint density at radius 3 is 1.72 bits per heavy atom. The molecule has 0 saturated heterocycles. The minimum atomic E-state index is -1.42. The standard InChI is InChI=1S/C21H26O4/c1-20(2,24)13-14-5-7-15(8-6-14)18(22)16-9-11-17(12-10-16)19(23)21(3,4)25/h5-12,18,22,24-25H,13H2,1-4H3. The van der Waals surface area contributed by atoms with Gasteiger partial charge in [0, 0.05) is 12.0 Å². The summed E-state index contributed by atoms with van der Waals surface area (Å²) in [5.41, 5.74) is 0.613. The zero-order valence-corrected chi connectivity index (χ0v) is 15.2. The molecule has 134 valence electrons. The Labute approximate surface area is 148 Å². The second-order valence-corrected chi connectivity index (χ2v) is 7.64. The molecule has 0 aromatic heterocycles. The summed E-state index contributed by atoms with van der Waals surface area (Å²) >= 11 is 0. The molecule has 1 atom stereocenters. The normalized spacial score (nSPS) is 13.6. The van der Waals surface area contributed by atoms with Crippen LogP contribution in [0.3, 0.4) is 0 Å². The van der Waals surface area contributed by atoms with E-state index < -0.39 is 17.3 Å². The monoisotopic (exact) mass is 342 g/mol. The first-order chi connectivity index (χ1) is 11.5. The molecule has 0 aliphatic carbocycles. The van der Waals surface area contributed by atoms with Crippen LogP contribution >= 0.6 is 0 Å². The van der Waals surface area contributed by atoms with Crippen LogP contribution in [0.5, 0.6) is 0 Å². The smallest absolute Gasteiger partial charge is 0.193 e. The molecular weight excluding hydrogens is 316 g/mol. The predicted molar refractivity (Wildman–Crippen MR) is 97.6 cm³/mol. The highest BCUT2D eigenvalue weighted by atomic mass is 16.3. The molecule has 0 bridgehead atoms. The molecular formula is C21H26O4. The van der Waals surface area contributed by atoms with E-state index in [1.54, 1.807) is 38.1 Å². The van der Waals surface area contributed by atoms with Crippen LogP contribution in [0.1, 0.15) is 60.8 Å². The number of carbonyl (C=O) groups is 1. The first-order valence-electron chi connectivity index (χ1n) is 8.34. The van der Waals surface area contributed by atoms with Crippen LogP contribution < -0.4 is 0 Å². The van der Waals surface area contributed by atoms with E-state index in [1.807, 2.05) is 24.3 Å². The Morgan fingerprint density at radius 1 is 0.880 bits per heavy atom. The maximum atomic E-state index is 12.0. The van der Waals surface area contributed by atoms with Crippen molar-refractivity contribution >= 4 is 5.78 Å². The van der Waals surface area contributed by atoms with Gasteiger partial charge in [0.2, 0.25) is 0 Å². The van der Waals surface area contributed by atoms with Crippen LogP contribution in [0.4, 0.5) is 0 Å². The minimum absolute atomic E-state index is 0.357. The molecule has 2 aromatic rings. The van der Waals surface area contributed by atoms with E-state index in [0.717, 1.165) is 11.1 Å². The summed E-state index contributed by atoms with van der Waals surface area (Å²) in [7, 11) is 0. The van der Waals surface area contributed by atoms with Crippen LogP contribution in [0, 0.1) is 0 Å². The molecule has 0 aliphatic heterocycles. The summed E-state index contributed by atoms with van der Waals surface area (Å²) < 4.78 is 0. The van der Waals surface area contributed by atoms with Crippen molar-refractivity contribution in [3.63, 3.8) is 0 Å². The number of aliphatic hydroxyl groups excluding tert-OH is 1. The molecule has 2 aromatic carbocycles. The third kappa shape index (κ3) is 5.23. The van der Waals surface area contributed by atoms with E-state index in [-0.39, 0.29) is 5.78 Å². The van der Waals surface area contributed by atoms with Crippen LogP contribution in [0.25, 0.3) is 0 Å². The topological polar surface area (TPSA) is 77.8 Å². The molecule has 0 amide bonds. The van der Waals surface area contributed by atoms with E-state index in [1.165, 1.54) is 13.8 Å². The third-order valence-electron chi connectivity index (χ3n) is 3.98. The fraction of sp³-hybridized carbons (Fsp3) is 0.381. The second kappa shape index (κ2) is 7.08. The first-order valence-corrected chi connectivity index (χ1v) is 8.34. The molecule has 2 rings (SSSR count). The van der Waals surface area contributed by atoms with Gasteiger partial charge in [0.15, 0.2) is 5.78 Å². The summed E-state index contributed by atoms with van der Waals surface area (Å²) in [5.74, 6) is -0.357. The molecule has 4 heteroatoms. The minimum Gasteiger partial charge on any atom is -0.390 e. The van der Waals surface area contributed by atoms with Crippen molar-refractivity contribution < 1.29 is 20.1 Å². The predicted octanol–water partition coefficient (Wildman–Crippen LogP) is 3.04. The Kier molecular flexibility index (Phi) is 5.47. The van der Waals surface area contributed by atoms with Gasteiger partial charge in [0.05, 0.1) is 5.60 Å². The molecule has 1 unspecified atom stereocenters. The van der Waals surface area contributed by atoms with Crippen LogP contribution in [0.2, 0.25) is 0 Å². The van der Waals surface area contributed by atoms with Crippen LogP contribution in [0.15, 0.2) is 48.5 Å². The van der Waals surface area contributed by atoms with Crippen molar-refractivity contribution in [3.8, 4) is 0 Å². The van der Waals surface area contributed by atoms with E-state index in [0.29, 0.717) is 17.5 Å². The van der Waals surface area contributed by atoms with Gasteiger partial charge in [-0.25, -0.2) is 0 Å². The zero-order valence-electron chi connectivity index (χ0n) is 15.2. The lowest BCUT2D eigenvalue weighted by Gasteiger charge is -2.18. The zero-order chi connectivity index (χ0) is 18.8. The molecule has 0 heterocycles. The van der Waals surface area contributed by atoms with Crippen molar-refractivity contribution in [2.24, 2.45) is 0 Å². The number of hydrogen-bond donors (Lipinski definition) is 3. The van der Waals surface area contributed by atoms with E-state index in [4.69, 9.17) is 0 Å². The quantitative estimate of drug-likeness (QED) is 0.705. The van der Waals surface area contributed by atoms with Gasteiger partial charge in [-0.1, -0.05) is 48.5 Å². The lowest BCUT2D eigenvalue weighted by Crippen LogP contribution is -2.31. The molecule has 0 aliphatic rings. The highest BCUT2D eigenvalue weighted by Gasteiger charge is 2.25. The number of rotatable bonds is 6. The van der Waals surface area contributed by atoms with Gasteiger partial charge in [0.1, 0.15) is 11.7 Å². The molecule has 0 spiro atoms. The first kappa shape index (κ1) is 19.3. The maximum absolute atomic E-state index is 12.0. The molecule has 0 fully saturated rings. The van der Waals surface area contributed by atoms with Gasteiger partial charge >= 0.3 is 0 Å². The Balaban J connectivity index is 2.15. The molecule has 4 nitrogen and oxygen atoms in total. The Bertz CT molecular complexity index is 716. The summed E-state index contributed by atoms with van der Waals surface area (Å²) in [4.78, 5) is 12.0. The summed E-state index contributed by atoms with van der Waals surface area (Å²) in [6.07, 6.45) is -0.264. The van der Waals surface area contributed by atoms with Crippen molar-refractivity contribution in [1.82, 2.24) is 0 Å². The highest BCUT2D eigenvalue weighted by Crippen LogP contribution is 2.24. The van der Waals surface area contributed by atoms with Crippen molar-refractivity contribution in [2.75, 3.05) is 0 Å². The summed E-state index contributed by atoms with van der Waals surface area (Å²) in [6.45, 7) is 6.42. The van der Waals surface area contributed by atoms with Gasteiger partial charge < -0.3 is 15.3 Å². The summed E-state index contributed by atoms with van der Waals surface area (Å²) in [5, 5.41) is 30.2. The SMILES string of the molecule is CC(C)(O)Cc1ccc(C(O)c2ccc(C(=O)C(C)(C)O)cc2)cc1. The van der Waals surface area contributed by atoms with Crippen molar-refractivity contribution in [3.05, 3.63) is 70.8 Å². The van der Waals surface area contributed by atoms with E-state index in [9.17, 15) is 20.1 Å². The average Bonchev–Trinajstić information content (AvgIpc) is 2.52. The van der Waals surface area contributed by atoms with Crippen molar-refractivity contribution in [2.45, 2.75) is 51.4 Å². The second-order valence-electron chi connectivity index (χ2n) is 7.64. The van der Waals surface area contributed by atoms with Gasteiger partial charge in [-0.3, -0.25) is 4.79 Å². The largest absolute Gasteiger partial charge is 0.390 e. The lowest BCUT2D eigenvalue weighted by molar-refractivity contribution is 0.0488. The van der Waals surface area contributed by atoms with Crippen molar-refractivity contribution in [1.29, 1.82) is 0 Å². The molecule has 0 radical (unpaired) electrons. The Morgan fingerprint density at radius 2 is 1.32 bits per heavy atom. The number of Topliss-reactive ketones (excluding diaryl/α,β-unsaturated/α-hetero) is 1. The number of hydrogen-bond acceptors (Lipinski definition) is 4. The average molecular weight is 342 g/mol. The summed E-state index contributed by atoms with van der Waals surface area (Å²) in [6, 6.07) is 14.1. The highest BCUT2D eigenvalue weighted by molar-refractivity contribution is 6.01. The fourth-order valence-corrected chi connectivity index (χ4v) is 2.68. The number of benzene rings is 2. The maximum Gasteiger partial charge on any atom is 0.193 e. The van der Waals surface area contributed by atoms with Gasteiger partial charge in [-0.2, -0.15) is 0 Å². The number of carbonyl (C=O) groups excluding carboxylic acids is 1. The van der Waals surface area contributed by atoms with E-state index in [2.05, 4.69) is 0 Å². The molecule has 25 heavy (non-hydrogen) atoms. The van der Waals surface area contributed by atoms with Gasteiger partial charge in [-0.05, 0) is 44.4 Å².